The average molecular weight is 201 g/mol. The highest BCUT2D eigenvalue weighted by Gasteiger charge is 2.03. The lowest BCUT2D eigenvalue weighted by molar-refractivity contribution is -0.136. The minimum absolute atomic E-state index is 0.0239. The summed E-state index contributed by atoms with van der Waals surface area (Å²) in [6, 6.07) is 9.53. The summed E-state index contributed by atoms with van der Waals surface area (Å²) in [5.74, 6) is -0.852. The first kappa shape index (κ1) is 9.65. The van der Waals surface area contributed by atoms with Gasteiger partial charge in [0.05, 0.1) is 17.6 Å². The van der Waals surface area contributed by atoms with Gasteiger partial charge in [-0.25, -0.2) is 0 Å². The molecular weight excluding hydrogens is 190 g/mol. The van der Waals surface area contributed by atoms with E-state index in [-0.39, 0.29) is 6.42 Å². The molecule has 2 rings (SSSR count). The SMILES string of the molecule is Cc1cccc2nc(CC(=O)O)ccc12. The van der Waals surface area contributed by atoms with Gasteiger partial charge in [0.25, 0.3) is 0 Å². The average Bonchev–Trinajstić information content (AvgIpc) is 2.17. The molecule has 0 aliphatic carbocycles. The van der Waals surface area contributed by atoms with Gasteiger partial charge in [-0.1, -0.05) is 18.2 Å². The third kappa shape index (κ3) is 1.96. The summed E-state index contributed by atoms with van der Waals surface area (Å²) in [5, 5.41) is 9.73. The highest BCUT2D eigenvalue weighted by atomic mass is 16.4. The Morgan fingerprint density at radius 2 is 2.13 bits per heavy atom. The van der Waals surface area contributed by atoms with E-state index in [9.17, 15) is 4.79 Å². The monoisotopic (exact) mass is 201 g/mol. The smallest absolute Gasteiger partial charge is 0.309 e. The summed E-state index contributed by atoms with van der Waals surface area (Å²) in [6.45, 7) is 2.01. The molecule has 0 unspecified atom stereocenters. The van der Waals surface area contributed by atoms with Gasteiger partial charge in [-0.05, 0) is 24.6 Å². The molecule has 0 radical (unpaired) electrons. The first-order valence-electron chi connectivity index (χ1n) is 4.74. The van der Waals surface area contributed by atoms with Crippen LogP contribution in [0.5, 0.6) is 0 Å². The van der Waals surface area contributed by atoms with Crippen molar-refractivity contribution in [3.8, 4) is 0 Å². The number of aromatic nitrogens is 1. The van der Waals surface area contributed by atoms with Crippen LogP contribution in [0.3, 0.4) is 0 Å². The van der Waals surface area contributed by atoms with Crippen LogP contribution in [0.25, 0.3) is 10.9 Å². The van der Waals surface area contributed by atoms with Crippen LogP contribution in [0.4, 0.5) is 0 Å². The van der Waals surface area contributed by atoms with E-state index >= 15 is 0 Å². The second kappa shape index (κ2) is 3.69. The van der Waals surface area contributed by atoms with Crippen molar-refractivity contribution in [2.75, 3.05) is 0 Å². The molecule has 1 heterocycles. The molecule has 0 saturated heterocycles. The Morgan fingerprint density at radius 3 is 2.87 bits per heavy atom. The summed E-state index contributed by atoms with van der Waals surface area (Å²) in [7, 11) is 0. The molecule has 0 spiro atoms. The lowest BCUT2D eigenvalue weighted by Gasteiger charge is -2.02. The number of fused-ring (bicyclic) bond motifs is 1. The quantitative estimate of drug-likeness (QED) is 0.810. The Morgan fingerprint density at radius 1 is 1.33 bits per heavy atom. The summed E-state index contributed by atoms with van der Waals surface area (Å²) in [6.07, 6.45) is -0.0239. The number of carboxylic acids is 1. The molecule has 1 N–H and O–H groups in total. The van der Waals surface area contributed by atoms with Gasteiger partial charge < -0.3 is 5.11 Å². The maximum Gasteiger partial charge on any atom is 0.309 e. The minimum atomic E-state index is -0.852. The zero-order valence-electron chi connectivity index (χ0n) is 8.40. The summed E-state index contributed by atoms with van der Waals surface area (Å²) < 4.78 is 0. The normalized spacial score (nSPS) is 10.5. The van der Waals surface area contributed by atoms with Crippen molar-refractivity contribution < 1.29 is 9.90 Å². The zero-order chi connectivity index (χ0) is 10.8. The predicted molar refractivity (Wildman–Crippen MR) is 57.8 cm³/mol. The van der Waals surface area contributed by atoms with Gasteiger partial charge in [0.2, 0.25) is 0 Å². The fraction of sp³-hybridized carbons (Fsp3) is 0.167. The van der Waals surface area contributed by atoms with Gasteiger partial charge in [-0.15, -0.1) is 0 Å². The van der Waals surface area contributed by atoms with Crippen LogP contribution in [0.15, 0.2) is 30.3 Å². The Kier molecular flexibility index (Phi) is 2.37. The van der Waals surface area contributed by atoms with Crippen LogP contribution < -0.4 is 0 Å². The second-order valence-electron chi connectivity index (χ2n) is 3.51. The lowest BCUT2D eigenvalue weighted by Crippen LogP contribution is -2.02. The van der Waals surface area contributed by atoms with Crippen molar-refractivity contribution in [2.24, 2.45) is 0 Å². The number of hydrogen-bond donors (Lipinski definition) is 1. The highest BCUT2D eigenvalue weighted by Crippen LogP contribution is 2.16. The Labute approximate surface area is 87.4 Å². The third-order valence-corrected chi connectivity index (χ3v) is 2.34. The van der Waals surface area contributed by atoms with Crippen molar-refractivity contribution >= 4 is 16.9 Å². The van der Waals surface area contributed by atoms with Crippen LogP contribution in [-0.4, -0.2) is 16.1 Å². The van der Waals surface area contributed by atoms with Crippen molar-refractivity contribution in [3.05, 3.63) is 41.6 Å². The van der Waals surface area contributed by atoms with E-state index in [0.717, 1.165) is 16.5 Å². The van der Waals surface area contributed by atoms with Crippen LogP contribution in [0.2, 0.25) is 0 Å². The van der Waals surface area contributed by atoms with Crippen LogP contribution in [0, 0.1) is 6.92 Å². The maximum absolute atomic E-state index is 10.5. The molecule has 76 valence electrons. The second-order valence-corrected chi connectivity index (χ2v) is 3.51. The zero-order valence-corrected chi connectivity index (χ0v) is 8.40. The largest absolute Gasteiger partial charge is 0.481 e. The molecule has 0 aliphatic heterocycles. The molecule has 0 aliphatic rings. The number of aryl methyl sites for hydroxylation is 1. The molecule has 3 nitrogen and oxygen atoms in total. The molecule has 1 aromatic heterocycles. The number of nitrogens with zero attached hydrogens (tertiary/aromatic N) is 1. The van der Waals surface area contributed by atoms with Gasteiger partial charge >= 0.3 is 5.97 Å². The number of pyridine rings is 1. The van der Waals surface area contributed by atoms with E-state index in [4.69, 9.17) is 5.11 Å². The standard InChI is InChI=1S/C12H11NO2/c1-8-3-2-4-11-10(8)6-5-9(13-11)7-12(14)15/h2-6H,7H2,1H3,(H,14,15). The summed E-state index contributed by atoms with van der Waals surface area (Å²) >= 11 is 0. The molecule has 0 atom stereocenters. The molecule has 0 bridgehead atoms. The molecule has 2 aromatic rings. The maximum atomic E-state index is 10.5. The number of aliphatic carboxylic acids is 1. The number of hydrogen-bond acceptors (Lipinski definition) is 2. The number of carboxylic acid groups (broad SMARTS) is 1. The lowest BCUT2D eigenvalue weighted by atomic mass is 10.1. The highest BCUT2D eigenvalue weighted by molar-refractivity contribution is 5.82. The Balaban J connectivity index is 2.52. The molecule has 1 aromatic carbocycles. The minimum Gasteiger partial charge on any atom is -0.481 e. The Hall–Kier alpha value is -1.90. The van der Waals surface area contributed by atoms with E-state index < -0.39 is 5.97 Å². The third-order valence-electron chi connectivity index (χ3n) is 2.34. The number of benzene rings is 1. The first-order valence-corrected chi connectivity index (χ1v) is 4.74. The first-order chi connectivity index (χ1) is 7.16. The van der Waals surface area contributed by atoms with Gasteiger partial charge in [0.15, 0.2) is 0 Å². The van der Waals surface area contributed by atoms with Gasteiger partial charge in [0.1, 0.15) is 0 Å². The fourth-order valence-corrected chi connectivity index (χ4v) is 1.60. The van der Waals surface area contributed by atoms with Crippen LogP contribution in [0.1, 0.15) is 11.3 Å². The summed E-state index contributed by atoms with van der Waals surface area (Å²) in [5.41, 5.74) is 2.61. The molecule has 3 heteroatoms. The van der Waals surface area contributed by atoms with Crippen molar-refractivity contribution in [3.63, 3.8) is 0 Å². The molecular formula is C12H11NO2. The van der Waals surface area contributed by atoms with E-state index in [1.807, 2.05) is 31.2 Å². The topological polar surface area (TPSA) is 50.2 Å². The molecule has 0 saturated carbocycles. The number of carbonyl (C=O) groups is 1. The molecule has 15 heavy (non-hydrogen) atoms. The van der Waals surface area contributed by atoms with Crippen molar-refractivity contribution in [1.29, 1.82) is 0 Å². The summed E-state index contributed by atoms with van der Waals surface area (Å²) in [4.78, 5) is 14.8. The number of rotatable bonds is 2. The van der Waals surface area contributed by atoms with E-state index in [2.05, 4.69) is 4.98 Å². The van der Waals surface area contributed by atoms with E-state index in [1.54, 1.807) is 6.07 Å². The Bertz CT molecular complexity index is 520. The van der Waals surface area contributed by atoms with Crippen molar-refractivity contribution in [2.45, 2.75) is 13.3 Å². The predicted octanol–water partition coefficient (Wildman–Crippen LogP) is 2.17. The van der Waals surface area contributed by atoms with Crippen LogP contribution >= 0.6 is 0 Å². The van der Waals surface area contributed by atoms with E-state index in [1.165, 1.54) is 0 Å². The molecule has 0 amide bonds. The molecule has 0 fully saturated rings. The van der Waals surface area contributed by atoms with Gasteiger partial charge in [-0.3, -0.25) is 9.78 Å². The van der Waals surface area contributed by atoms with Crippen LogP contribution in [-0.2, 0) is 11.2 Å². The van der Waals surface area contributed by atoms with Gasteiger partial charge in [-0.2, -0.15) is 0 Å². The van der Waals surface area contributed by atoms with E-state index in [0.29, 0.717) is 5.69 Å². The van der Waals surface area contributed by atoms with Crippen molar-refractivity contribution in [1.82, 2.24) is 4.98 Å². The fourth-order valence-electron chi connectivity index (χ4n) is 1.60. The van der Waals surface area contributed by atoms with Gasteiger partial charge in [0, 0.05) is 5.39 Å².